The lowest BCUT2D eigenvalue weighted by Gasteiger charge is -2.30. The summed E-state index contributed by atoms with van der Waals surface area (Å²) in [5.41, 5.74) is 0. The van der Waals surface area contributed by atoms with Gasteiger partial charge in [0.1, 0.15) is 19.3 Å². The van der Waals surface area contributed by atoms with Gasteiger partial charge in [0.25, 0.3) is 7.82 Å². The Balaban J connectivity index is 5.02. The molecule has 0 bridgehead atoms. The van der Waals surface area contributed by atoms with E-state index in [0.29, 0.717) is 17.4 Å². The molecule has 3 atom stereocenters. The molecule has 0 saturated heterocycles. The number of phosphoric ester groups is 1. The van der Waals surface area contributed by atoms with Crippen LogP contribution in [0.25, 0.3) is 0 Å². The zero-order valence-electron chi connectivity index (χ0n) is 55.7. The summed E-state index contributed by atoms with van der Waals surface area (Å²) in [6, 6.07) is -0.883. The van der Waals surface area contributed by atoms with Crippen molar-refractivity contribution < 1.29 is 37.3 Å². The standard InChI is InChI=1S/C72H141N2O7P/c1-7-10-13-16-19-22-25-28-30-32-34-36-37-39-41-43-45-47-50-53-56-59-62-65-72(76)81-70(63-60-57-54-51-48-27-24-21-18-15-12-9-3)69(68-80-82(77,78)79-67-66-74(4,5)6)73-71(75)64-61-58-55-52-49-46-44-42-40-38-35-33-31-29-26-23-20-17-14-11-8-2/h28,30,60,63,69-70H,7-27,29,31-59,61-62,64-68H2,1-6H3,(H-,73,75,77,78)/b30-28+,63-60+. The highest BCUT2D eigenvalue weighted by molar-refractivity contribution is 7.45. The lowest BCUT2D eigenvalue weighted by molar-refractivity contribution is -0.870. The molecule has 0 heterocycles. The number of allylic oxidation sites excluding steroid dienone is 3. The Morgan fingerprint density at radius 1 is 0.415 bits per heavy atom. The van der Waals surface area contributed by atoms with Crippen molar-refractivity contribution in [3.63, 3.8) is 0 Å². The maximum Gasteiger partial charge on any atom is 0.306 e. The van der Waals surface area contributed by atoms with Gasteiger partial charge >= 0.3 is 5.97 Å². The van der Waals surface area contributed by atoms with Crippen molar-refractivity contribution in [2.75, 3.05) is 40.9 Å². The summed E-state index contributed by atoms with van der Waals surface area (Å²) in [6.07, 6.45) is 75.9. The molecule has 10 heteroatoms. The summed E-state index contributed by atoms with van der Waals surface area (Å²) >= 11 is 0. The van der Waals surface area contributed by atoms with E-state index in [1.165, 1.54) is 283 Å². The van der Waals surface area contributed by atoms with Crippen LogP contribution in [0.2, 0.25) is 0 Å². The van der Waals surface area contributed by atoms with E-state index in [1.54, 1.807) is 0 Å². The van der Waals surface area contributed by atoms with Gasteiger partial charge < -0.3 is 28.5 Å². The number of carbonyl (C=O) groups excluding carboxylic acids is 2. The Kier molecular flexibility index (Phi) is 61.4. The van der Waals surface area contributed by atoms with Crippen LogP contribution in [-0.2, 0) is 27.9 Å². The van der Waals surface area contributed by atoms with Crippen LogP contribution in [0.3, 0.4) is 0 Å². The van der Waals surface area contributed by atoms with E-state index in [9.17, 15) is 19.0 Å². The highest BCUT2D eigenvalue weighted by Crippen LogP contribution is 2.38. The Labute approximate surface area is 511 Å². The van der Waals surface area contributed by atoms with Gasteiger partial charge in [-0.2, -0.15) is 0 Å². The molecule has 0 fully saturated rings. The first kappa shape index (κ1) is 80.5. The normalized spacial score (nSPS) is 13.6. The molecule has 82 heavy (non-hydrogen) atoms. The second-order valence-corrected chi connectivity index (χ2v) is 27.5. The third kappa shape index (κ3) is 63.0. The largest absolute Gasteiger partial charge is 0.756 e. The van der Waals surface area contributed by atoms with Gasteiger partial charge in [-0.15, -0.1) is 0 Å². The van der Waals surface area contributed by atoms with E-state index in [0.717, 1.165) is 57.8 Å². The molecule has 1 N–H and O–H groups in total. The molecule has 0 aliphatic heterocycles. The molecule has 9 nitrogen and oxygen atoms in total. The van der Waals surface area contributed by atoms with Crippen LogP contribution in [-0.4, -0.2) is 69.4 Å². The highest BCUT2D eigenvalue weighted by Gasteiger charge is 2.27. The van der Waals surface area contributed by atoms with Gasteiger partial charge in [-0.1, -0.05) is 328 Å². The Hall–Kier alpha value is -1.51. The summed E-state index contributed by atoms with van der Waals surface area (Å²) in [7, 11) is 1.21. The molecule has 0 aromatic heterocycles. The molecule has 0 aliphatic rings. The number of likely N-dealkylation sites (N-methyl/N-ethyl adjacent to an activating group) is 1. The third-order valence-electron chi connectivity index (χ3n) is 16.6. The maximum absolute atomic E-state index is 13.6. The zero-order chi connectivity index (χ0) is 60.0. The average Bonchev–Trinajstić information content (AvgIpc) is 3.44. The smallest absolute Gasteiger partial charge is 0.306 e. The maximum atomic E-state index is 13.6. The second kappa shape index (κ2) is 62.5. The van der Waals surface area contributed by atoms with Crippen LogP contribution < -0.4 is 10.2 Å². The lowest BCUT2D eigenvalue weighted by atomic mass is 10.0. The topological polar surface area (TPSA) is 114 Å². The number of nitrogens with one attached hydrogen (secondary N) is 1. The van der Waals surface area contributed by atoms with Crippen LogP contribution >= 0.6 is 7.82 Å². The van der Waals surface area contributed by atoms with Gasteiger partial charge in [0.05, 0.1) is 33.8 Å². The Bertz CT molecular complexity index is 1450. The lowest BCUT2D eigenvalue weighted by Crippen LogP contribution is -2.47. The minimum absolute atomic E-state index is 0.0179. The molecule has 0 aromatic carbocycles. The first-order chi connectivity index (χ1) is 39.9. The van der Waals surface area contributed by atoms with E-state index in [1.807, 2.05) is 33.3 Å². The minimum atomic E-state index is -4.70. The summed E-state index contributed by atoms with van der Waals surface area (Å²) in [4.78, 5) is 40.2. The van der Waals surface area contributed by atoms with E-state index in [4.69, 9.17) is 13.8 Å². The van der Waals surface area contributed by atoms with Crippen molar-refractivity contribution >= 4 is 19.7 Å². The van der Waals surface area contributed by atoms with E-state index in [2.05, 4.69) is 38.2 Å². The fraction of sp³-hybridized carbons (Fsp3) is 0.917. The van der Waals surface area contributed by atoms with Crippen LogP contribution in [0, 0.1) is 0 Å². The van der Waals surface area contributed by atoms with Crippen LogP contribution in [0.1, 0.15) is 374 Å². The van der Waals surface area contributed by atoms with Crippen molar-refractivity contribution in [3.8, 4) is 0 Å². The summed E-state index contributed by atoms with van der Waals surface area (Å²) in [5.74, 6) is -0.517. The Morgan fingerprint density at radius 3 is 1.04 bits per heavy atom. The monoisotopic (exact) mass is 1180 g/mol. The van der Waals surface area contributed by atoms with Crippen LogP contribution in [0.4, 0.5) is 0 Å². The van der Waals surface area contributed by atoms with Gasteiger partial charge in [-0.3, -0.25) is 14.2 Å². The molecule has 0 rings (SSSR count). The zero-order valence-corrected chi connectivity index (χ0v) is 56.6. The van der Waals surface area contributed by atoms with Crippen molar-refractivity contribution in [3.05, 3.63) is 24.3 Å². The predicted molar refractivity (Wildman–Crippen MR) is 353 cm³/mol. The number of amides is 1. The molecular weight excluding hydrogens is 1040 g/mol. The quantitative estimate of drug-likeness (QED) is 0.0212. The molecule has 0 saturated carbocycles. The van der Waals surface area contributed by atoms with Gasteiger partial charge in [-0.05, 0) is 57.4 Å². The van der Waals surface area contributed by atoms with E-state index < -0.39 is 20.0 Å². The van der Waals surface area contributed by atoms with Crippen molar-refractivity contribution in [2.45, 2.75) is 386 Å². The highest BCUT2D eigenvalue weighted by atomic mass is 31.2. The number of hydrogen-bond acceptors (Lipinski definition) is 7. The number of nitrogens with zero attached hydrogens (tertiary/aromatic N) is 1. The van der Waals surface area contributed by atoms with Gasteiger partial charge in [0.15, 0.2) is 0 Å². The molecule has 486 valence electrons. The number of hydrogen-bond donors (Lipinski definition) is 1. The van der Waals surface area contributed by atoms with Crippen LogP contribution in [0.15, 0.2) is 24.3 Å². The summed E-state index contributed by atoms with van der Waals surface area (Å²) < 4.78 is 30.5. The second-order valence-electron chi connectivity index (χ2n) is 26.1. The third-order valence-corrected chi connectivity index (χ3v) is 17.6. The number of ether oxygens (including phenoxy) is 1. The van der Waals surface area contributed by atoms with Gasteiger partial charge in [0.2, 0.25) is 5.91 Å². The van der Waals surface area contributed by atoms with Crippen molar-refractivity contribution in [2.24, 2.45) is 0 Å². The Morgan fingerprint density at radius 2 is 0.707 bits per heavy atom. The van der Waals surface area contributed by atoms with E-state index >= 15 is 0 Å². The number of rotatable bonds is 67. The molecule has 0 aliphatic carbocycles. The average molecular weight is 1180 g/mol. The fourth-order valence-corrected chi connectivity index (χ4v) is 11.8. The molecule has 1 amide bonds. The SMILES string of the molecule is CCCCCCCC/C=C/CCCCCCCCCCCCCCCC(=O)OC(/C=C/CCCCCCCCCCCC)C(COP(=O)([O-])OCC[N+](C)(C)C)NC(=O)CCCCCCCCCCCCCCCCCCCCCCC. The van der Waals surface area contributed by atoms with Crippen LogP contribution in [0.5, 0.6) is 0 Å². The molecule has 0 spiro atoms. The van der Waals surface area contributed by atoms with Crippen molar-refractivity contribution in [1.29, 1.82) is 0 Å². The summed E-state index contributed by atoms with van der Waals surface area (Å²) in [6.45, 7) is 6.91. The number of unbranched alkanes of at least 4 members (excludes halogenated alkanes) is 49. The number of phosphoric acid groups is 1. The van der Waals surface area contributed by atoms with Crippen molar-refractivity contribution in [1.82, 2.24) is 5.32 Å². The van der Waals surface area contributed by atoms with Gasteiger partial charge in [0, 0.05) is 12.8 Å². The predicted octanol–water partition coefficient (Wildman–Crippen LogP) is 22.2. The first-order valence-electron chi connectivity index (χ1n) is 36.1. The van der Waals surface area contributed by atoms with Gasteiger partial charge in [-0.25, -0.2) is 0 Å². The number of esters is 1. The fourth-order valence-electron chi connectivity index (χ4n) is 11.1. The number of quaternary nitrogens is 1. The molecular formula is C72H141N2O7P. The van der Waals surface area contributed by atoms with E-state index in [-0.39, 0.29) is 31.5 Å². The first-order valence-corrected chi connectivity index (χ1v) is 37.6. The molecule has 3 unspecified atom stereocenters. The minimum Gasteiger partial charge on any atom is -0.756 e. The number of carbonyl (C=O) groups is 2. The molecule has 0 aromatic rings. The molecule has 0 radical (unpaired) electrons. The summed E-state index contributed by atoms with van der Waals surface area (Å²) in [5, 5.41) is 3.05.